The zero-order valence-electron chi connectivity index (χ0n) is 22.4. The number of amides is 2. The largest absolute Gasteiger partial charge is 0.430 e. The summed E-state index contributed by atoms with van der Waals surface area (Å²) >= 11 is 6.27. The lowest BCUT2D eigenvalue weighted by molar-refractivity contribution is -0.262. The Morgan fingerprint density at radius 1 is 1.02 bits per heavy atom. The van der Waals surface area contributed by atoms with Crippen molar-refractivity contribution in [2.24, 2.45) is 11.8 Å². The Kier molecular flexibility index (Phi) is 8.94. The standard InChI is InChI=1S/C28H33ClF4N4O3/c1-35(2)25(38)22-6-7-23(34-24(22)29)36-12-8-18(9-13-36)16-19-10-14-37(15-11-19)26(39)27(40,28(31,32)33)20-4-3-5-21(30)17-20/h3-7,17-19,40H,8-16H2,1-2H3/t27-/m1/s1. The van der Waals surface area contributed by atoms with Gasteiger partial charge in [-0.3, -0.25) is 9.59 Å². The van der Waals surface area contributed by atoms with Gasteiger partial charge in [0.1, 0.15) is 16.8 Å². The molecule has 1 aromatic heterocycles. The highest BCUT2D eigenvalue weighted by Crippen LogP contribution is 2.42. The second-order valence-electron chi connectivity index (χ2n) is 10.8. The van der Waals surface area contributed by atoms with E-state index in [-0.39, 0.29) is 30.1 Å². The average molecular weight is 585 g/mol. The monoisotopic (exact) mass is 584 g/mol. The normalized spacial score (nSPS) is 18.9. The minimum absolute atomic E-state index is 0.0937. The van der Waals surface area contributed by atoms with Crippen LogP contribution in [0.5, 0.6) is 0 Å². The molecule has 0 radical (unpaired) electrons. The first kappa shape index (κ1) is 30.0. The molecule has 0 aliphatic carbocycles. The number of piperidine rings is 2. The first-order valence-corrected chi connectivity index (χ1v) is 13.7. The molecule has 1 aromatic carbocycles. The van der Waals surface area contributed by atoms with Crippen molar-refractivity contribution in [3.8, 4) is 0 Å². The number of carbonyl (C=O) groups is 2. The quantitative estimate of drug-likeness (QED) is 0.387. The summed E-state index contributed by atoms with van der Waals surface area (Å²) in [5.74, 6) is -1.27. The fourth-order valence-electron chi connectivity index (χ4n) is 5.59. The van der Waals surface area contributed by atoms with Gasteiger partial charge in [-0.05, 0) is 68.2 Å². The van der Waals surface area contributed by atoms with E-state index in [4.69, 9.17) is 11.6 Å². The maximum Gasteiger partial charge on any atom is 0.430 e. The second-order valence-corrected chi connectivity index (χ2v) is 11.2. The number of alkyl halides is 3. The number of halogens is 5. The van der Waals surface area contributed by atoms with E-state index in [9.17, 15) is 32.3 Å². The van der Waals surface area contributed by atoms with Gasteiger partial charge in [-0.15, -0.1) is 0 Å². The molecule has 4 rings (SSSR count). The van der Waals surface area contributed by atoms with Gasteiger partial charge in [-0.2, -0.15) is 13.2 Å². The van der Waals surface area contributed by atoms with Crippen LogP contribution in [0.25, 0.3) is 0 Å². The third-order valence-electron chi connectivity index (χ3n) is 7.94. The SMILES string of the molecule is CN(C)C(=O)c1ccc(N2CCC(CC3CCN(C(=O)[C@](O)(c4cccc(F)c4)C(F)(F)F)CC3)CC2)nc1Cl. The topological polar surface area (TPSA) is 77.0 Å². The van der Waals surface area contributed by atoms with Crippen molar-refractivity contribution in [3.05, 3.63) is 58.5 Å². The zero-order valence-corrected chi connectivity index (χ0v) is 23.2. The molecule has 2 saturated heterocycles. The highest BCUT2D eigenvalue weighted by molar-refractivity contribution is 6.32. The minimum Gasteiger partial charge on any atom is -0.368 e. The molecule has 3 heterocycles. The van der Waals surface area contributed by atoms with Crippen LogP contribution in [0.2, 0.25) is 5.15 Å². The molecule has 2 aromatic rings. The van der Waals surface area contributed by atoms with E-state index in [0.29, 0.717) is 36.2 Å². The molecule has 2 aliphatic heterocycles. The van der Waals surface area contributed by atoms with Crippen LogP contribution < -0.4 is 4.90 Å². The van der Waals surface area contributed by atoms with Gasteiger partial charge in [0, 0.05) is 45.8 Å². The lowest BCUT2D eigenvalue weighted by Gasteiger charge is -2.40. The minimum atomic E-state index is -5.30. The Bertz CT molecular complexity index is 1230. The van der Waals surface area contributed by atoms with Gasteiger partial charge in [0.15, 0.2) is 0 Å². The third kappa shape index (κ3) is 6.20. The van der Waals surface area contributed by atoms with Crippen molar-refractivity contribution >= 4 is 29.2 Å². The lowest BCUT2D eigenvalue weighted by atomic mass is 9.82. The molecular weight excluding hydrogens is 552 g/mol. The van der Waals surface area contributed by atoms with E-state index in [1.54, 1.807) is 26.2 Å². The highest BCUT2D eigenvalue weighted by Gasteiger charge is 2.62. The zero-order chi connectivity index (χ0) is 29.2. The van der Waals surface area contributed by atoms with Crippen LogP contribution in [-0.4, -0.2) is 78.2 Å². The third-order valence-corrected chi connectivity index (χ3v) is 8.23. The number of hydrogen-bond acceptors (Lipinski definition) is 5. The maximum absolute atomic E-state index is 13.9. The van der Waals surface area contributed by atoms with Crippen molar-refractivity contribution in [1.82, 2.24) is 14.8 Å². The number of hydrogen-bond donors (Lipinski definition) is 1. The van der Waals surface area contributed by atoms with Gasteiger partial charge in [0.05, 0.1) is 5.56 Å². The first-order valence-electron chi connectivity index (χ1n) is 13.3. The van der Waals surface area contributed by atoms with Crippen molar-refractivity contribution in [2.45, 2.75) is 43.9 Å². The Hall–Kier alpha value is -2.92. The van der Waals surface area contributed by atoms with Crippen LogP contribution in [0.1, 0.15) is 48.0 Å². The molecule has 2 aliphatic rings. The van der Waals surface area contributed by atoms with E-state index in [0.717, 1.165) is 55.5 Å². The number of benzene rings is 1. The summed E-state index contributed by atoms with van der Waals surface area (Å²) in [4.78, 5) is 34.2. The summed E-state index contributed by atoms with van der Waals surface area (Å²) < 4.78 is 55.4. The van der Waals surface area contributed by atoms with E-state index >= 15 is 0 Å². The number of nitrogens with zero attached hydrogens (tertiary/aromatic N) is 4. The Labute approximate surface area is 235 Å². The first-order chi connectivity index (χ1) is 18.8. The van der Waals surface area contributed by atoms with Crippen molar-refractivity contribution in [2.75, 3.05) is 45.2 Å². The number of anilines is 1. The Morgan fingerprint density at radius 2 is 1.62 bits per heavy atom. The maximum atomic E-state index is 13.9. The van der Waals surface area contributed by atoms with E-state index in [1.165, 1.54) is 4.90 Å². The van der Waals surface area contributed by atoms with Crippen molar-refractivity contribution in [1.29, 1.82) is 0 Å². The highest BCUT2D eigenvalue weighted by atomic mass is 35.5. The van der Waals surface area contributed by atoms with Gasteiger partial charge in [0.2, 0.25) is 0 Å². The summed E-state index contributed by atoms with van der Waals surface area (Å²) in [5.41, 5.74) is -4.28. The van der Waals surface area contributed by atoms with E-state index in [2.05, 4.69) is 9.88 Å². The molecule has 0 spiro atoms. The molecule has 7 nitrogen and oxygen atoms in total. The summed E-state index contributed by atoms with van der Waals surface area (Å²) in [6, 6.07) is 6.93. The number of aromatic nitrogens is 1. The lowest BCUT2D eigenvalue weighted by Crippen LogP contribution is -2.57. The van der Waals surface area contributed by atoms with E-state index < -0.39 is 29.1 Å². The van der Waals surface area contributed by atoms with Gasteiger partial charge in [-0.1, -0.05) is 23.7 Å². The van der Waals surface area contributed by atoms with Crippen LogP contribution in [0.4, 0.5) is 23.4 Å². The van der Waals surface area contributed by atoms with Gasteiger partial charge in [-0.25, -0.2) is 9.37 Å². The predicted molar refractivity (Wildman–Crippen MR) is 142 cm³/mol. The number of aliphatic hydroxyl groups is 1. The van der Waals surface area contributed by atoms with Gasteiger partial charge >= 0.3 is 6.18 Å². The molecule has 218 valence electrons. The number of rotatable bonds is 6. The van der Waals surface area contributed by atoms with Crippen LogP contribution >= 0.6 is 11.6 Å². The second kappa shape index (κ2) is 11.9. The molecule has 0 saturated carbocycles. The van der Waals surface area contributed by atoms with Crippen molar-refractivity contribution in [3.63, 3.8) is 0 Å². The van der Waals surface area contributed by atoms with Gasteiger partial charge in [0.25, 0.3) is 17.4 Å². The van der Waals surface area contributed by atoms with Crippen LogP contribution in [0, 0.1) is 17.7 Å². The predicted octanol–water partition coefficient (Wildman–Crippen LogP) is 4.87. The average Bonchev–Trinajstić information content (AvgIpc) is 2.92. The van der Waals surface area contributed by atoms with Gasteiger partial charge < -0.3 is 19.8 Å². The molecule has 1 N–H and O–H groups in total. The number of pyridine rings is 1. The summed E-state index contributed by atoms with van der Waals surface area (Å²) in [7, 11) is 3.29. The number of carbonyl (C=O) groups excluding carboxylic acids is 2. The Balaban J connectivity index is 1.30. The molecule has 40 heavy (non-hydrogen) atoms. The van der Waals surface area contributed by atoms with Crippen LogP contribution in [0.15, 0.2) is 36.4 Å². The summed E-state index contributed by atoms with van der Waals surface area (Å²) in [5, 5.41) is 10.7. The molecule has 2 fully saturated rings. The summed E-state index contributed by atoms with van der Waals surface area (Å²) in [6.07, 6.45) is -1.53. The smallest absolute Gasteiger partial charge is 0.368 e. The van der Waals surface area contributed by atoms with Crippen LogP contribution in [0.3, 0.4) is 0 Å². The molecule has 0 unspecified atom stereocenters. The molecule has 0 bridgehead atoms. The molecule has 12 heteroatoms. The fraction of sp³-hybridized carbons (Fsp3) is 0.536. The Morgan fingerprint density at radius 3 is 2.15 bits per heavy atom. The van der Waals surface area contributed by atoms with E-state index in [1.807, 2.05) is 0 Å². The van der Waals surface area contributed by atoms with Crippen molar-refractivity contribution < 1.29 is 32.3 Å². The summed E-state index contributed by atoms with van der Waals surface area (Å²) in [6.45, 7) is 1.71. The molecule has 1 atom stereocenters. The molecular formula is C28H33ClF4N4O3. The fourth-order valence-corrected chi connectivity index (χ4v) is 5.82. The van der Waals surface area contributed by atoms with Crippen LogP contribution in [-0.2, 0) is 10.4 Å². The molecule has 2 amide bonds. The number of likely N-dealkylation sites (tertiary alicyclic amines) is 1.